The van der Waals surface area contributed by atoms with Gasteiger partial charge < -0.3 is 14.8 Å². The highest BCUT2D eigenvalue weighted by Crippen LogP contribution is 2.37. The molecule has 0 unspecified atom stereocenters. The van der Waals surface area contributed by atoms with Crippen molar-refractivity contribution in [3.63, 3.8) is 0 Å². The average Bonchev–Trinajstić information content (AvgIpc) is 2.50. The second-order valence-electron chi connectivity index (χ2n) is 4.54. The van der Waals surface area contributed by atoms with Gasteiger partial charge in [0, 0.05) is 6.07 Å². The van der Waals surface area contributed by atoms with E-state index in [1.807, 2.05) is 13.8 Å². The molecule has 1 rings (SSSR count). The summed E-state index contributed by atoms with van der Waals surface area (Å²) in [5, 5.41) is 12.4. The summed E-state index contributed by atoms with van der Waals surface area (Å²) in [4.78, 5) is 12.4. The van der Waals surface area contributed by atoms with Crippen molar-refractivity contribution >= 4 is 23.2 Å². The Kier molecular flexibility index (Phi) is 5.86. The van der Waals surface area contributed by atoms with Crippen molar-refractivity contribution in [3.8, 4) is 17.6 Å². The number of halogens is 1. The quantitative estimate of drug-likeness (QED) is 0.871. The third-order valence-corrected chi connectivity index (χ3v) is 3.87. The van der Waals surface area contributed by atoms with Crippen LogP contribution in [-0.2, 0) is 4.79 Å². The fraction of sp³-hybridized carbons (Fsp3) is 0.467. The van der Waals surface area contributed by atoms with Gasteiger partial charge in [0.1, 0.15) is 16.9 Å². The summed E-state index contributed by atoms with van der Waals surface area (Å²) in [6, 6.07) is 5.23. The molecule has 0 aromatic heterocycles. The van der Waals surface area contributed by atoms with Crippen LogP contribution in [0.2, 0.25) is 5.02 Å². The monoisotopic (exact) mass is 310 g/mol. The van der Waals surface area contributed by atoms with Crippen molar-refractivity contribution in [2.24, 2.45) is 5.41 Å². The summed E-state index contributed by atoms with van der Waals surface area (Å²) in [6.45, 7) is 3.62. The fourth-order valence-electron chi connectivity index (χ4n) is 1.98. The van der Waals surface area contributed by atoms with Gasteiger partial charge in [-0.2, -0.15) is 5.26 Å². The summed E-state index contributed by atoms with van der Waals surface area (Å²) < 4.78 is 10.3. The molecule has 1 aromatic carbocycles. The SMILES string of the molecule is CCC(C#N)(CC)C(=O)Nc1cc(Cl)c(OC)cc1OC. The molecular formula is C15H19ClN2O3. The summed E-state index contributed by atoms with van der Waals surface area (Å²) in [5.41, 5.74) is -0.646. The van der Waals surface area contributed by atoms with E-state index in [1.54, 1.807) is 12.1 Å². The Morgan fingerprint density at radius 3 is 2.29 bits per heavy atom. The molecule has 0 saturated carbocycles. The third kappa shape index (κ3) is 3.40. The lowest BCUT2D eigenvalue weighted by molar-refractivity contribution is -0.123. The molecule has 114 valence electrons. The number of nitriles is 1. The van der Waals surface area contributed by atoms with Crippen LogP contribution in [0.25, 0.3) is 0 Å². The van der Waals surface area contributed by atoms with Crippen LogP contribution in [0.15, 0.2) is 12.1 Å². The third-order valence-electron chi connectivity index (χ3n) is 3.58. The normalized spacial score (nSPS) is 10.7. The van der Waals surface area contributed by atoms with E-state index in [-0.39, 0.29) is 5.91 Å². The van der Waals surface area contributed by atoms with Gasteiger partial charge in [0.15, 0.2) is 0 Å². The molecule has 1 amide bonds. The first-order valence-corrected chi connectivity index (χ1v) is 7.00. The number of hydrogen-bond acceptors (Lipinski definition) is 4. The van der Waals surface area contributed by atoms with Gasteiger partial charge >= 0.3 is 0 Å². The van der Waals surface area contributed by atoms with Gasteiger partial charge in [-0.3, -0.25) is 4.79 Å². The number of nitrogens with zero attached hydrogens (tertiary/aromatic N) is 1. The Labute approximate surface area is 129 Å². The number of anilines is 1. The second-order valence-corrected chi connectivity index (χ2v) is 4.95. The molecule has 0 heterocycles. The van der Waals surface area contributed by atoms with E-state index >= 15 is 0 Å². The number of carbonyl (C=O) groups excluding carboxylic acids is 1. The maximum Gasteiger partial charge on any atom is 0.244 e. The standard InChI is InChI=1S/C15H19ClN2O3/c1-5-15(6-2,9-17)14(19)18-11-7-10(16)12(20-3)8-13(11)21-4/h7-8H,5-6H2,1-4H3,(H,18,19). The molecule has 1 N–H and O–H groups in total. The maximum absolute atomic E-state index is 12.4. The highest BCUT2D eigenvalue weighted by molar-refractivity contribution is 6.32. The van der Waals surface area contributed by atoms with E-state index < -0.39 is 5.41 Å². The molecule has 0 aliphatic heterocycles. The Balaban J connectivity index is 3.16. The van der Waals surface area contributed by atoms with Gasteiger partial charge in [0.05, 0.1) is 31.0 Å². The molecule has 0 fully saturated rings. The lowest BCUT2D eigenvalue weighted by atomic mass is 9.83. The van der Waals surface area contributed by atoms with Crippen LogP contribution >= 0.6 is 11.6 Å². The lowest BCUT2D eigenvalue weighted by Crippen LogP contribution is -2.34. The Morgan fingerprint density at radius 2 is 1.86 bits per heavy atom. The van der Waals surface area contributed by atoms with E-state index in [0.29, 0.717) is 35.1 Å². The van der Waals surface area contributed by atoms with Gasteiger partial charge in [-0.25, -0.2) is 0 Å². The topological polar surface area (TPSA) is 71.4 Å². The van der Waals surface area contributed by atoms with Crippen LogP contribution < -0.4 is 14.8 Å². The zero-order chi connectivity index (χ0) is 16.0. The lowest BCUT2D eigenvalue weighted by Gasteiger charge is -2.23. The Morgan fingerprint density at radius 1 is 1.29 bits per heavy atom. The summed E-state index contributed by atoms with van der Waals surface area (Å²) in [5.74, 6) is 0.502. The zero-order valence-corrected chi connectivity index (χ0v) is 13.4. The van der Waals surface area contributed by atoms with Crippen LogP contribution in [0.4, 0.5) is 5.69 Å². The number of amides is 1. The molecule has 1 aromatic rings. The minimum absolute atomic E-state index is 0.351. The minimum atomic E-state index is -1.06. The Bertz CT molecular complexity index is 563. The second kappa shape index (κ2) is 7.19. The predicted octanol–water partition coefficient (Wildman–Crippen LogP) is 3.63. The fourth-order valence-corrected chi connectivity index (χ4v) is 2.22. The number of ether oxygens (including phenoxy) is 2. The first kappa shape index (κ1) is 17.1. The van der Waals surface area contributed by atoms with Crippen molar-refractivity contribution in [3.05, 3.63) is 17.2 Å². The van der Waals surface area contributed by atoms with Gasteiger partial charge in [-0.1, -0.05) is 25.4 Å². The van der Waals surface area contributed by atoms with E-state index in [1.165, 1.54) is 14.2 Å². The van der Waals surface area contributed by atoms with Crippen LogP contribution in [0.1, 0.15) is 26.7 Å². The number of rotatable bonds is 6. The van der Waals surface area contributed by atoms with E-state index in [0.717, 1.165) is 0 Å². The maximum atomic E-state index is 12.4. The van der Waals surface area contributed by atoms with Crippen molar-refractivity contribution in [1.29, 1.82) is 5.26 Å². The predicted molar refractivity (Wildman–Crippen MR) is 81.8 cm³/mol. The molecule has 0 aliphatic rings. The largest absolute Gasteiger partial charge is 0.495 e. The number of methoxy groups -OCH3 is 2. The molecule has 0 aliphatic carbocycles. The van der Waals surface area contributed by atoms with Gasteiger partial charge in [0.2, 0.25) is 5.91 Å². The van der Waals surface area contributed by atoms with Crippen molar-refractivity contribution in [2.45, 2.75) is 26.7 Å². The molecule has 0 saturated heterocycles. The highest BCUT2D eigenvalue weighted by Gasteiger charge is 2.35. The van der Waals surface area contributed by atoms with Crippen LogP contribution in [-0.4, -0.2) is 20.1 Å². The molecule has 0 spiro atoms. The number of hydrogen-bond donors (Lipinski definition) is 1. The summed E-state index contributed by atoms with van der Waals surface area (Å²) >= 11 is 6.06. The van der Waals surface area contributed by atoms with E-state index in [9.17, 15) is 10.1 Å². The number of benzene rings is 1. The number of nitrogens with one attached hydrogen (secondary N) is 1. The van der Waals surface area contributed by atoms with Crippen molar-refractivity contribution < 1.29 is 14.3 Å². The molecule has 0 atom stereocenters. The molecule has 5 nitrogen and oxygen atoms in total. The Hall–Kier alpha value is -1.93. The molecule has 21 heavy (non-hydrogen) atoms. The number of carbonyl (C=O) groups is 1. The molecule has 6 heteroatoms. The smallest absolute Gasteiger partial charge is 0.244 e. The highest BCUT2D eigenvalue weighted by atomic mass is 35.5. The summed E-state index contributed by atoms with van der Waals surface area (Å²) in [7, 11) is 2.98. The zero-order valence-electron chi connectivity index (χ0n) is 12.6. The van der Waals surface area contributed by atoms with E-state index in [2.05, 4.69) is 11.4 Å². The van der Waals surface area contributed by atoms with Crippen LogP contribution in [0, 0.1) is 16.7 Å². The van der Waals surface area contributed by atoms with Crippen LogP contribution in [0.5, 0.6) is 11.5 Å². The summed E-state index contributed by atoms with van der Waals surface area (Å²) in [6.07, 6.45) is 0.857. The average molecular weight is 311 g/mol. The minimum Gasteiger partial charge on any atom is -0.495 e. The molecule has 0 radical (unpaired) electrons. The first-order valence-electron chi connectivity index (χ1n) is 6.62. The molecular weight excluding hydrogens is 292 g/mol. The molecule has 0 bridgehead atoms. The van der Waals surface area contributed by atoms with Crippen LogP contribution in [0.3, 0.4) is 0 Å². The van der Waals surface area contributed by atoms with Crippen molar-refractivity contribution in [1.82, 2.24) is 0 Å². The van der Waals surface area contributed by atoms with Gasteiger partial charge in [-0.05, 0) is 18.9 Å². The van der Waals surface area contributed by atoms with Gasteiger partial charge in [-0.15, -0.1) is 0 Å². The first-order chi connectivity index (χ1) is 9.97. The van der Waals surface area contributed by atoms with E-state index in [4.69, 9.17) is 21.1 Å². The van der Waals surface area contributed by atoms with Crippen molar-refractivity contribution in [2.75, 3.05) is 19.5 Å². The van der Waals surface area contributed by atoms with Gasteiger partial charge in [0.25, 0.3) is 0 Å².